The Morgan fingerprint density at radius 1 is 1.09 bits per heavy atom. The van der Waals surface area contributed by atoms with Crippen molar-refractivity contribution in [1.82, 2.24) is 14.6 Å². The summed E-state index contributed by atoms with van der Waals surface area (Å²) in [5.41, 5.74) is 2.90. The first-order valence-corrected chi connectivity index (χ1v) is 11.1. The molecule has 1 amide bonds. The number of aromatic nitrogens is 2. The zero-order chi connectivity index (χ0) is 23.7. The summed E-state index contributed by atoms with van der Waals surface area (Å²) >= 11 is 6.06. The number of nitrogens with zero attached hydrogens (tertiary/aromatic N) is 4. The Morgan fingerprint density at radius 3 is 2.59 bits per heavy atom. The minimum absolute atomic E-state index is 0.188. The largest absolute Gasteiger partial charge is 0.497 e. The number of fused-ring (bicyclic) bond motifs is 1. The number of amides is 1. The van der Waals surface area contributed by atoms with E-state index < -0.39 is 0 Å². The zero-order valence-corrected chi connectivity index (χ0v) is 19.1. The van der Waals surface area contributed by atoms with Gasteiger partial charge in [0.05, 0.1) is 36.1 Å². The highest BCUT2D eigenvalue weighted by Gasteiger charge is 2.33. The lowest BCUT2D eigenvalue weighted by Gasteiger charge is -2.22. The maximum absolute atomic E-state index is 13.4. The number of ether oxygens (including phenoxy) is 1. The average Bonchev–Trinajstić information content (AvgIpc) is 3.32. The molecule has 8 heteroatoms. The average molecular weight is 473 g/mol. The molecule has 0 radical (unpaired) electrons. The van der Waals surface area contributed by atoms with Gasteiger partial charge >= 0.3 is 0 Å². The predicted molar refractivity (Wildman–Crippen MR) is 131 cm³/mol. The maximum atomic E-state index is 13.4. The van der Waals surface area contributed by atoms with Crippen LogP contribution < -0.4 is 10.3 Å². The van der Waals surface area contributed by atoms with Gasteiger partial charge in [-0.15, -0.1) is 0 Å². The van der Waals surface area contributed by atoms with E-state index in [0.717, 1.165) is 22.6 Å². The van der Waals surface area contributed by atoms with Crippen molar-refractivity contribution in [2.45, 2.75) is 19.0 Å². The minimum Gasteiger partial charge on any atom is -0.497 e. The van der Waals surface area contributed by atoms with Gasteiger partial charge in [0, 0.05) is 11.4 Å². The molecular formula is C26H21ClN4O3. The molecule has 1 aromatic heterocycles. The van der Waals surface area contributed by atoms with Crippen molar-refractivity contribution in [3.63, 3.8) is 0 Å². The lowest BCUT2D eigenvalue weighted by Crippen LogP contribution is -2.34. The fraction of sp³-hybridized carbons (Fsp3) is 0.154. The summed E-state index contributed by atoms with van der Waals surface area (Å²) in [6, 6.07) is 22.0. The SMILES string of the molecule is COc1ccc(C2CC(c3ccccc3)=NN2C(=O)Cn2cnc3ccc(Cl)cc3c2=O)cc1. The van der Waals surface area contributed by atoms with Crippen LogP contribution in [0.15, 0.2) is 89.0 Å². The normalized spacial score (nSPS) is 15.4. The first-order valence-electron chi connectivity index (χ1n) is 10.8. The van der Waals surface area contributed by atoms with E-state index >= 15 is 0 Å². The molecular weight excluding hydrogens is 452 g/mol. The highest BCUT2D eigenvalue weighted by molar-refractivity contribution is 6.31. The molecule has 0 aliphatic carbocycles. The highest BCUT2D eigenvalue weighted by Crippen LogP contribution is 2.33. The Balaban J connectivity index is 1.49. The molecule has 4 aromatic rings. The highest BCUT2D eigenvalue weighted by atomic mass is 35.5. The summed E-state index contributed by atoms with van der Waals surface area (Å²) < 4.78 is 6.56. The summed E-state index contributed by atoms with van der Waals surface area (Å²) in [5, 5.41) is 6.95. The van der Waals surface area contributed by atoms with Crippen molar-refractivity contribution in [1.29, 1.82) is 0 Å². The van der Waals surface area contributed by atoms with Crippen molar-refractivity contribution in [3.05, 3.63) is 106 Å². The summed E-state index contributed by atoms with van der Waals surface area (Å²) in [7, 11) is 1.61. The number of benzene rings is 3. The molecule has 1 aliphatic heterocycles. The van der Waals surface area contributed by atoms with Gasteiger partial charge in [-0.2, -0.15) is 5.10 Å². The number of halogens is 1. The van der Waals surface area contributed by atoms with Crippen LogP contribution in [0.4, 0.5) is 0 Å². The third-order valence-electron chi connectivity index (χ3n) is 5.87. The molecule has 3 aromatic carbocycles. The lowest BCUT2D eigenvalue weighted by atomic mass is 9.98. The van der Waals surface area contributed by atoms with Gasteiger partial charge in [-0.25, -0.2) is 9.99 Å². The second-order valence-electron chi connectivity index (χ2n) is 7.98. The van der Waals surface area contributed by atoms with E-state index in [1.54, 1.807) is 25.3 Å². The van der Waals surface area contributed by atoms with E-state index in [-0.39, 0.29) is 24.1 Å². The van der Waals surface area contributed by atoms with Gasteiger partial charge in [0.25, 0.3) is 11.5 Å². The van der Waals surface area contributed by atoms with Gasteiger partial charge in [0.15, 0.2) is 0 Å². The number of carbonyl (C=O) groups is 1. The first-order chi connectivity index (χ1) is 16.5. The Morgan fingerprint density at radius 2 is 1.85 bits per heavy atom. The third-order valence-corrected chi connectivity index (χ3v) is 6.10. The van der Waals surface area contributed by atoms with E-state index in [9.17, 15) is 9.59 Å². The van der Waals surface area contributed by atoms with E-state index in [1.807, 2.05) is 54.6 Å². The Bertz CT molecular complexity index is 1450. The molecule has 0 N–H and O–H groups in total. The van der Waals surface area contributed by atoms with Crippen LogP contribution in [0.5, 0.6) is 5.75 Å². The molecule has 0 spiro atoms. The second-order valence-corrected chi connectivity index (χ2v) is 8.42. The van der Waals surface area contributed by atoms with Crippen LogP contribution in [0.25, 0.3) is 10.9 Å². The van der Waals surface area contributed by atoms with Gasteiger partial charge in [-0.05, 0) is 41.5 Å². The van der Waals surface area contributed by atoms with Crippen molar-refractivity contribution in [2.24, 2.45) is 5.10 Å². The van der Waals surface area contributed by atoms with Crippen LogP contribution in [0.3, 0.4) is 0 Å². The van der Waals surface area contributed by atoms with Gasteiger partial charge in [0.1, 0.15) is 12.3 Å². The van der Waals surface area contributed by atoms with E-state index in [2.05, 4.69) is 10.1 Å². The predicted octanol–water partition coefficient (Wildman–Crippen LogP) is 4.44. The zero-order valence-electron chi connectivity index (χ0n) is 18.4. The molecule has 0 fully saturated rings. The van der Waals surface area contributed by atoms with Crippen molar-refractivity contribution in [3.8, 4) is 5.75 Å². The monoisotopic (exact) mass is 472 g/mol. The number of hydrogen-bond acceptors (Lipinski definition) is 5. The van der Waals surface area contributed by atoms with E-state index in [4.69, 9.17) is 16.3 Å². The van der Waals surface area contributed by atoms with Crippen LogP contribution in [0.2, 0.25) is 5.02 Å². The quantitative estimate of drug-likeness (QED) is 0.430. The molecule has 0 bridgehead atoms. The topological polar surface area (TPSA) is 76.8 Å². The van der Waals surface area contributed by atoms with Gasteiger partial charge in [0.2, 0.25) is 0 Å². The Hall–Kier alpha value is -3.97. The standard InChI is InChI=1S/C26H21ClN4O3/c1-34-20-10-7-18(8-11-20)24-14-23(17-5-3-2-4-6-17)29-31(24)25(32)15-30-16-28-22-12-9-19(27)13-21(22)26(30)33/h2-13,16,24H,14-15H2,1H3. The fourth-order valence-corrected chi connectivity index (χ4v) is 4.27. The second kappa shape index (κ2) is 9.11. The van der Waals surface area contributed by atoms with Crippen LogP contribution in [-0.2, 0) is 11.3 Å². The molecule has 2 heterocycles. The summed E-state index contributed by atoms with van der Waals surface area (Å²) in [6.45, 7) is -0.188. The number of carbonyl (C=O) groups excluding carboxylic acids is 1. The lowest BCUT2D eigenvalue weighted by molar-refractivity contribution is -0.133. The van der Waals surface area contributed by atoms with Crippen molar-refractivity contribution >= 4 is 34.1 Å². The molecule has 1 aliphatic rings. The van der Waals surface area contributed by atoms with Crippen LogP contribution in [0.1, 0.15) is 23.6 Å². The first kappa shape index (κ1) is 21.9. The van der Waals surface area contributed by atoms with Crippen molar-refractivity contribution in [2.75, 3.05) is 7.11 Å². The van der Waals surface area contributed by atoms with Crippen LogP contribution in [-0.4, -0.2) is 33.3 Å². The third kappa shape index (κ3) is 4.18. The van der Waals surface area contributed by atoms with Crippen LogP contribution >= 0.6 is 11.6 Å². The molecule has 1 atom stereocenters. The summed E-state index contributed by atoms with van der Waals surface area (Å²) in [5.74, 6) is 0.424. The van der Waals surface area contributed by atoms with E-state index in [0.29, 0.717) is 22.3 Å². The fourth-order valence-electron chi connectivity index (χ4n) is 4.09. The van der Waals surface area contributed by atoms with Gasteiger partial charge in [-0.1, -0.05) is 54.1 Å². The smallest absolute Gasteiger partial charge is 0.263 e. The van der Waals surface area contributed by atoms with Gasteiger partial charge < -0.3 is 4.74 Å². The van der Waals surface area contributed by atoms with Gasteiger partial charge in [-0.3, -0.25) is 14.2 Å². The molecule has 0 saturated carbocycles. The number of methoxy groups -OCH3 is 1. The number of hydrogen-bond donors (Lipinski definition) is 0. The molecule has 34 heavy (non-hydrogen) atoms. The maximum Gasteiger partial charge on any atom is 0.263 e. The van der Waals surface area contributed by atoms with Crippen molar-refractivity contribution < 1.29 is 9.53 Å². The molecule has 0 saturated heterocycles. The molecule has 1 unspecified atom stereocenters. The van der Waals surface area contributed by atoms with E-state index in [1.165, 1.54) is 15.9 Å². The minimum atomic E-state index is -0.326. The van der Waals surface area contributed by atoms with Crippen LogP contribution in [0, 0.1) is 0 Å². The number of rotatable bonds is 5. The summed E-state index contributed by atoms with van der Waals surface area (Å²) in [4.78, 5) is 30.7. The molecule has 7 nitrogen and oxygen atoms in total. The Labute approximate surface area is 200 Å². The number of hydrazone groups is 1. The Kier molecular flexibility index (Phi) is 5.86. The molecule has 5 rings (SSSR count). The summed E-state index contributed by atoms with van der Waals surface area (Å²) in [6.07, 6.45) is 1.94. The molecule has 170 valence electrons.